The van der Waals surface area contributed by atoms with Crippen LogP contribution < -0.4 is 0 Å². The highest BCUT2D eigenvalue weighted by atomic mass is 13.7. The summed E-state index contributed by atoms with van der Waals surface area (Å²) in [7, 11) is 4.50. The zero-order chi connectivity index (χ0) is 14.8. The third-order valence-electron chi connectivity index (χ3n) is 0.552. The van der Waals surface area contributed by atoms with Crippen LogP contribution in [0, 0.1) is 11.8 Å². The fourth-order valence-corrected chi connectivity index (χ4v) is 0.250. The van der Waals surface area contributed by atoms with E-state index in [9.17, 15) is 0 Å². The summed E-state index contributed by atoms with van der Waals surface area (Å²) in [4.78, 5) is 0. The summed E-state index contributed by atoms with van der Waals surface area (Å²) >= 11 is 0. The van der Waals surface area contributed by atoms with Crippen LogP contribution in [0.3, 0.4) is 0 Å². The third kappa shape index (κ3) is 315. The highest BCUT2D eigenvalue weighted by Gasteiger charge is 1.63. The first kappa shape index (κ1) is 36.1. The van der Waals surface area contributed by atoms with Gasteiger partial charge in [-0.3, -0.25) is 0 Å². The Bertz CT molecular complexity index is 67.2. The van der Waals surface area contributed by atoms with E-state index in [4.69, 9.17) is 0 Å². The molecule has 1 heteroatoms. The molecular weight excluding hydrogens is 191 g/mol. The molecule has 0 aliphatic carbocycles. The van der Waals surface area contributed by atoms with Gasteiger partial charge >= 0.3 is 0 Å². The predicted octanol–water partition coefficient (Wildman–Crippen LogP) is 6.12. The monoisotopic (exact) mass is 228 g/mol. The van der Waals surface area contributed by atoms with E-state index < -0.39 is 0 Å². The summed E-state index contributed by atoms with van der Waals surface area (Å²) in [6, 6.07) is 0. The maximum atomic E-state index is 4.50. The maximum Gasteiger partial charge on any atom is 0.0606 e. The van der Waals surface area contributed by atoms with Gasteiger partial charge in [-0.25, -0.2) is 0 Å². The van der Waals surface area contributed by atoms with E-state index in [1.54, 1.807) is 0 Å². The van der Waals surface area contributed by atoms with Crippen molar-refractivity contribution in [2.75, 3.05) is 0 Å². The Morgan fingerprint density at radius 2 is 1.00 bits per heavy atom. The van der Waals surface area contributed by atoms with Gasteiger partial charge in [-0.1, -0.05) is 69.1 Å². The number of unbranched alkanes of at least 4 members (excludes halogenated alkanes) is 1. The molecule has 0 bridgehead atoms. The Kier molecular flexibility index (Phi) is 466. The van der Waals surface area contributed by atoms with Crippen LogP contribution in [-0.2, 0) is 0 Å². The summed E-state index contributed by atoms with van der Waals surface area (Å²) in [6.07, 6.45) is 2.23. The van der Waals surface area contributed by atoms with Gasteiger partial charge in [0.2, 0.25) is 0 Å². The summed E-state index contributed by atoms with van der Waals surface area (Å²) in [6.45, 7) is 21.5. The topological polar surface area (TPSA) is 0 Å². The van der Waals surface area contributed by atoms with Gasteiger partial charge in [0.15, 0.2) is 0 Å². The van der Waals surface area contributed by atoms with Crippen molar-refractivity contribution < 1.29 is 0 Å². The van der Waals surface area contributed by atoms with Crippen molar-refractivity contribution in [3.05, 3.63) is 0 Å². The number of rotatable bonds is 1. The van der Waals surface area contributed by atoms with Crippen molar-refractivity contribution in [1.82, 2.24) is 0 Å². The highest BCUT2D eigenvalue weighted by molar-refractivity contribution is 6.05. The SMILES string of the molecule is CC.CC.CC.CC.CC#CCCC.[B]C. The molecule has 0 aromatic heterocycles. The largest absolute Gasteiger partial charge is 0.107 e. The molecule has 0 fully saturated rings. The van der Waals surface area contributed by atoms with E-state index in [1.165, 1.54) is 13.2 Å². The van der Waals surface area contributed by atoms with Crippen LogP contribution in [0.2, 0.25) is 6.82 Å². The molecule has 0 aromatic carbocycles. The molecule has 0 amide bonds. The molecule has 0 rings (SSSR count). The standard InChI is InChI=1S/C6H10.4C2H6.CH3B/c1-3-5-6-4-2;5*1-2/h3,5H2,1-2H3;4*1-2H3;1H3. The molecule has 0 atom stereocenters. The van der Waals surface area contributed by atoms with Crippen LogP contribution in [0.5, 0.6) is 0 Å². The lowest BCUT2D eigenvalue weighted by Crippen LogP contribution is -1.56. The van der Waals surface area contributed by atoms with Crippen molar-refractivity contribution in [2.45, 2.75) is 88.9 Å². The van der Waals surface area contributed by atoms with E-state index in [1.807, 2.05) is 62.3 Å². The maximum absolute atomic E-state index is 4.50. The van der Waals surface area contributed by atoms with Gasteiger partial charge in [-0.2, -0.15) is 0 Å². The fourth-order valence-electron chi connectivity index (χ4n) is 0.250. The lowest BCUT2D eigenvalue weighted by molar-refractivity contribution is 0.983. The molecule has 0 aliphatic heterocycles. The van der Waals surface area contributed by atoms with E-state index >= 15 is 0 Å². The average Bonchev–Trinajstić information content (AvgIpc) is 2.47. The summed E-state index contributed by atoms with van der Waals surface area (Å²) in [5.41, 5.74) is 0. The van der Waals surface area contributed by atoms with E-state index in [0.717, 1.165) is 6.42 Å². The molecule has 0 heterocycles. The Labute approximate surface area is 109 Å². The van der Waals surface area contributed by atoms with E-state index in [0.29, 0.717) is 0 Å². The van der Waals surface area contributed by atoms with Gasteiger partial charge in [0.05, 0.1) is 7.85 Å². The fraction of sp³-hybridized carbons (Fsp3) is 0.867. The second-order valence-electron chi connectivity index (χ2n) is 1.18. The van der Waals surface area contributed by atoms with E-state index in [2.05, 4.69) is 26.6 Å². The Hall–Kier alpha value is -0.375. The number of hydrogen-bond donors (Lipinski definition) is 0. The van der Waals surface area contributed by atoms with Crippen molar-refractivity contribution in [3.63, 3.8) is 0 Å². The lowest BCUT2D eigenvalue weighted by Gasteiger charge is -1.71. The molecule has 0 aromatic rings. The molecule has 0 spiro atoms. The van der Waals surface area contributed by atoms with Gasteiger partial charge < -0.3 is 0 Å². The smallest absolute Gasteiger partial charge is 0.0606 e. The zero-order valence-corrected chi connectivity index (χ0v) is 14.0. The molecule has 0 saturated carbocycles. The first-order chi connectivity index (χ1) is 7.91. The first-order valence-electron chi connectivity index (χ1n) is 6.89. The Morgan fingerprint density at radius 1 is 0.750 bits per heavy atom. The summed E-state index contributed by atoms with van der Waals surface area (Å²) < 4.78 is 0. The van der Waals surface area contributed by atoms with Crippen LogP contribution in [0.4, 0.5) is 0 Å². The lowest BCUT2D eigenvalue weighted by atomic mass is 10.2. The second-order valence-corrected chi connectivity index (χ2v) is 1.18. The normalized spacial score (nSPS) is 4.19. The zero-order valence-electron chi connectivity index (χ0n) is 14.0. The van der Waals surface area contributed by atoms with Crippen molar-refractivity contribution in [2.24, 2.45) is 0 Å². The highest BCUT2D eigenvalue weighted by Crippen LogP contribution is 1.79. The molecule has 100 valence electrons. The minimum absolute atomic E-state index is 1.05. The van der Waals surface area contributed by atoms with Gasteiger partial charge in [0.25, 0.3) is 0 Å². The molecule has 0 saturated heterocycles. The summed E-state index contributed by atoms with van der Waals surface area (Å²) in [5, 5.41) is 0. The molecular formula is C15H37B. The van der Waals surface area contributed by atoms with E-state index in [-0.39, 0.29) is 0 Å². The quantitative estimate of drug-likeness (QED) is 0.374. The Balaban J connectivity index is -0.0000000214. The van der Waals surface area contributed by atoms with Gasteiger partial charge in [0.1, 0.15) is 0 Å². The minimum Gasteiger partial charge on any atom is -0.107 e. The molecule has 2 radical (unpaired) electrons. The van der Waals surface area contributed by atoms with Crippen LogP contribution in [0.1, 0.15) is 82.1 Å². The van der Waals surface area contributed by atoms with Crippen molar-refractivity contribution >= 4 is 7.85 Å². The predicted molar refractivity (Wildman–Crippen MR) is 85.4 cm³/mol. The summed E-state index contributed by atoms with van der Waals surface area (Å²) in [5.74, 6) is 5.77. The van der Waals surface area contributed by atoms with Gasteiger partial charge in [0, 0.05) is 6.42 Å². The van der Waals surface area contributed by atoms with Crippen LogP contribution in [-0.4, -0.2) is 7.85 Å². The molecule has 0 aliphatic rings. The first-order valence-corrected chi connectivity index (χ1v) is 6.89. The third-order valence-corrected chi connectivity index (χ3v) is 0.552. The molecule has 0 N–H and O–H groups in total. The molecule has 0 nitrogen and oxygen atoms in total. The van der Waals surface area contributed by atoms with Gasteiger partial charge in [-0.15, -0.1) is 11.8 Å². The van der Waals surface area contributed by atoms with Gasteiger partial charge in [-0.05, 0) is 13.3 Å². The van der Waals surface area contributed by atoms with Crippen LogP contribution >= 0.6 is 0 Å². The van der Waals surface area contributed by atoms with Crippen molar-refractivity contribution in [1.29, 1.82) is 0 Å². The Morgan fingerprint density at radius 3 is 1.06 bits per heavy atom. The number of hydrogen-bond acceptors (Lipinski definition) is 0. The van der Waals surface area contributed by atoms with Crippen LogP contribution in [0.15, 0.2) is 0 Å². The molecule has 16 heavy (non-hydrogen) atoms. The average molecular weight is 228 g/mol. The molecule has 0 unspecified atom stereocenters. The minimum atomic E-state index is 1.05. The second kappa shape index (κ2) is 207. The van der Waals surface area contributed by atoms with Crippen molar-refractivity contribution in [3.8, 4) is 11.8 Å². The van der Waals surface area contributed by atoms with Crippen LogP contribution in [0.25, 0.3) is 0 Å².